The lowest BCUT2D eigenvalue weighted by Crippen LogP contribution is -2.43. The average molecular weight is 496 g/mol. The number of benzene rings is 2. The van der Waals surface area contributed by atoms with E-state index in [1.54, 1.807) is 42.7 Å². The van der Waals surface area contributed by atoms with E-state index in [1.807, 2.05) is 36.4 Å². The van der Waals surface area contributed by atoms with E-state index in [-0.39, 0.29) is 17.9 Å². The lowest BCUT2D eigenvalue weighted by Gasteiger charge is -2.34. The first-order chi connectivity index (χ1) is 17.4. The summed E-state index contributed by atoms with van der Waals surface area (Å²) in [5.41, 5.74) is 3.08. The topological polar surface area (TPSA) is 75.7 Å². The van der Waals surface area contributed by atoms with Gasteiger partial charge in [-0.1, -0.05) is 0 Å². The third kappa shape index (κ3) is 4.37. The molecule has 0 saturated carbocycles. The molecule has 8 heteroatoms. The molecule has 2 atom stereocenters. The Balaban J connectivity index is 1.81. The predicted molar refractivity (Wildman–Crippen MR) is 138 cm³/mol. The molecule has 0 amide bonds. The maximum absolute atomic E-state index is 13.9. The van der Waals surface area contributed by atoms with Crippen LogP contribution < -0.4 is 28.4 Å². The Labute approximate surface area is 212 Å². The smallest absolute Gasteiger partial charge is 0.203 e. The van der Waals surface area contributed by atoms with Gasteiger partial charge < -0.3 is 28.4 Å². The Morgan fingerprint density at radius 3 is 1.25 bits per heavy atom. The fraction of sp³-hybridized carbons (Fsp3) is 0.393. The summed E-state index contributed by atoms with van der Waals surface area (Å²) in [6.45, 7) is 0. The van der Waals surface area contributed by atoms with Gasteiger partial charge in [0.15, 0.2) is 28.8 Å². The molecule has 2 aromatic rings. The van der Waals surface area contributed by atoms with Crippen molar-refractivity contribution in [3.05, 3.63) is 46.5 Å². The van der Waals surface area contributed by atoms with Crippen LogP contribution in [0.1, 0.15) is 24.0 Å². The zero-order chi connectivity index (χ0) is 26.0. The van der Waals surface area contributed by atoms with Crippen LogP contribution in [0.25, 0.3) is 12.2 Å². The maximum atomic E-state index is 13.9. The van der Waals surface area contributed by atoms with Crippen LogP contribution in [-0.4, -0.2) is 72.5 Å². The number of piperidine rings is 1. The first-order valence-electron chi connectivity index (χ1n) is 11.7. The largest absolute Gasteiger partial charge is 0.493 e. The van der Waals surface area contributed by atoms with Gasteiger partial charge in [0.25, 0.3) is 0 Å². The second kappa shape index (κ2) is 10.5. The molecule has 4 rings (SSSR count). The zero-order valence-electron chi connectivity index (χ0n) is 21.8. The van der Waals surface area contributed by atoms with Gasteiger partial charge in [0.1, 0.15) is 0 Å². The van der Waals surface area contributed by atoms with Crippen LogP contribution in [0.4, 0.5) is 0 Å². The number of hydrogen-bond donors (Lipinski definition) is 0. The van der Waals surface area contributed by atoms with Crippen LogP contribution in [0.3, 0.4) is 0 Å². The van der Waals surface area contributed by atoms with Crippen LogP contribution >= 0.6 is 0 Å². The fourth-order valence-electron chi connectivity index (χ4n) is 5.21. The number of likely N-dealkylation sites (N-methyl/N-ethyl adjacent to an activating group) is 1. The van der Waals surface area contributed by atoms with Gasteiger partial charge in [0, 0.05) is 23.2 Å². The molecule has 36 heavy (non-hydrogen) atoms. The Morgan fingerprint density at radius 1 is 0.639 bits per heavy atom. The maximum Gasteiger partial charge on any atom is 0.203 e. The highest BCUT2D eigenvalue weighted by Gasteiger charge is 2.44. The Kier molecular flexibility index (Phi) is 7.45. The van der Waals surface area contributed by atoms with Gasteiger partial charge in [-0.05, 0) is 67.4 Å². The van der Waals surface area contributed by atoms with Crippen LogP contribution in [0, 0.1) is 0 Å². The molecule has 2 aromatic carbocycles. The summed E-state index contributed by atoms with van der Waals surface area (Å²) in [4.78, 5) is 16.1. The highest BCUT2D eigenvalue weighted by atomic mass is 16.5. The van der Waals surface area contributed by atoms with E-state index in [0.717, 1.165) is 35.1 Å². The molecule has 0 radical (unpaired) electrons. The van der Waals surface area contributed by atoms with Crippen molar-refractivity contribution in [2.24, 2.45) is 0 Å². The quantitative estimate of drug-likeness (QED) is 0.503. The molecule has 2 heterocycles. The van der Waals surface area contributed by atoms with Gasteiger partial charge in [0.05, 0.1) is 42.7 Å². The average Bonchev–Trinajstić information content (AvgIpc) is 3.22. The normalized spacial score (nSPS) is 21.6. The first kappa shape index (κ1) is 25.4. The summed E-state index contributed by atoms with van der Waals surface area (Å²) in [7, 11) is 11.5. The highest BCUT2D eigenvalue weighted by molar-refractivity contribution is 6.16. The van der Waals surface area contributed by atoms with Crippen LogP contribution in [0.2, 0.25) is 0 Å². The van der Waals surface area contributed by atoms with Crippen molar-refractivity contribution in [3.8, 4) is 34.5 Å². The minimum Gasteiger partial charge on any atom is -0.493 e. The Bertz CT molecular complexity index is 1070. The van der Waals surface area contributed by atoms with Crippen LogP contribution in [-0.2, 0) is 4.79 Å². The van der Waals surface area contributed by atoms with Crippen molar-refractivity contribution < 1.29 is 33.2 Å². The summed E-state index contributed by atoms with van der Waals surface area (Å²) in [6, 6.07) is 7.49. The number of rotatable bonds is 8. The SMILES string of the molecule is COc1cc(C=C2C(=O)C(=Cc3cc(OC)c(OC)c(OC)c3)C3CCC2N3C)cc(OC)c1OC. The molecule has 2 aliphatic rings. The number of carbonyl (C=O) groups excluding carboxylic acids is 1. The summed E-state index contributed by atoms with van der Waals surface area (Å²) >= 11 is 0. The summed E-state index contributed by atoms with van der Waals surface area (Å²) in [6.07, 6.45) is 5.66. The molecule has 0 aliphatic carbocycles. The predicted octanol–water partition coefficient (Wildman–Crippen LogP) is 4.25. The van der Waals surface area contributed by atoms with Gasteiger partial charge in [0.2, 0.25) is 11.5 Å². The molecule has 0 spiro atoms. The number of methoxy groups -OCH3 is 6. The molecule has 2 unspecified atom stereocenters. The minimum atomic E-state index is 0.0307. The zero-order valence-corrected chi connectivity index (χ0v) is 21.8. The Hall–Kier alpha value is -3.65. The van der Waals surface area contributed by atoms with Crippen molar-refractivity contribution in [2.45, 2.75) is 24.9 Å². The summed E-state index contributed by atoms with van der Waals surface area (Å²) in [5, 5.41) is 0. The van der Waals surface area contributed by atoms with Crippen molar-refractivity contribution in [1.29, 1.82) is 0 Å². The molecule has 2 aliphatic heterocycles. The number of ketones is 1. The molecule has 2 saturated heterocycles. The number of Topliss-reactive ketones (excluding diaryl/α,β-unsaturated/α-hetero) is 1. The molecular formula is C28H33NO7. The van der Waals surface area contributed by atoms with E-state index in [4.69, 9.17) is 28.4 Å². The Morgan fingerprint density at radius 2 is 0.972 bits per heavy atom. The van der Waals surface area contributed by atoms with E-state index >= 15 is 0 Å². The lowest BCUT2D eigenvalue weighted by molar-refractivity contribution is -0.114. The van der Waals surface area contributed by atoms with E-state index < -0.39 is 0 Å². The van der Waals surface area contributed by atoms with Gasteiger partial charge in [-0.25, -0.2) is 0 Å². The van der Waals surface area contributed by atoms with Crippen LogP contribution in [0.15, 0.2) is 35.4 Å². The second-order valence-electron chi connectivity index (χ2n) is 8.72. The van der Waals surface area contributed by atoms with Crippen molar-refractivity contribution >= 4 is 17.9 Å². The van der Waals surface area contributed by atoms with Gasteiger partial charge >= 0.3 is 0 Å². The van der Waals surface area contributed by atoms with Crippen molar-refractivity contribution in [1.82, 2.24) is 4.90 Å². The molecule has 2 bridgehead atoms. The number of carbonyl (C=O) groups is 1. The number of hydrogen-bond acceptors (Lipinski definition) is 8. The summed E-state index contributed by atoms with van der Waals surface area (Å²) in [5.74, 6) is 3.21. The lowest BCUT2D eigenvalue weighted by atomic mass is 9.88. The van der Waals surface area contributed by atoms with Crippen molar-refractivity contribution in [2.75, 3.05) is 49.7 Å². The molecule has 192 valence electrons. The molecule has 8 nitrogen and oxygen atoms in total. The second-order valence-corrected chi connectivity index (χ2v) is 8.72. The molecule has 2 fully saturated rings. The van der Waals surface area contributed by atoms with Crippen LogP contribution in [0.5, 0.6) is 34.5 Å². The molecular weight excluding hydrogens is 462 g/mol. The van der Waals surface area contributed by atoms with E-state index in [9.17, 15) is 4.79 Å². The van der Waals surface area contributed by atoms with Crippen molar-refractivity contribution in [3.63, 3.8) is 0 Å². The highest BCUT2D eigenvalue weighted by Crippen LogP contribution is 2.44. The number of nitrogens with zero attached hydrogens (tertiary/aromatic N) is 1. The minimum absolute atomic E-state index is 0.0307. The molecule has 0 aromatic heterocycles. The third-order valence-corrected chi connectivity index (χ3v) is 6.96. The van der Waals surface area contributed by atoms with Gasteiger partial charge in [-0.3, -0.25) is 9.69 Å². The third-order valence-electron chi connectivity index (χ3n) is 6.96. The van der Waals surface area contributed by atoms with E-state index in [0.29, 0.717) is 34.5 Å². The fourth-order valence-corrected chi connectivity index (χ4v) is 5.21. The standard InChI is InChI=1S/C28H33NO7/c1-29-20-8-9-21(29)19(11-17-14-24(33-4)28(36-7)25(15-17)34-5)26(30)18(20)10-16-12-22(31-2)27(35-6)23(13-16)32-3/h10-15,20-21H,8-9H2,1-7H3. The van der Waals surface area contributed by atoms with Gasteiger partial charge in [-0.15, -0.1) is 0 Å². The number of fused-ring (bicyclic) bond motifs is 2. The number of ether oxygens (including phenoxy) is 6. The summed E-state index contributed by atoms with van der Waals surface area (Å²) < 4.78 is 32.9. The van der Waals surface area contributed by atoms with E-state index in [1.165, 1.54) is 0 Å². The van der Waals surface area contributed by atoms with E-state index in [2.05, 4.69) is 11.9 Å². The van der Waals surface area contributed by atoms with Gasteiger partial charge in [-0.2, -0.15) is 0 Å². The monoisotopic (exact) mass is 495 g/mol. The first-order valence-corrected chi connectivity index (χ1v) is 11.7. The molecule has 0 N–H and O–H groups in total.